The number of carbonyl (C=O) groups excluding carboxylic acids is 2. The third-order valence-electron chi connectivity index (χ3n) is 5.45. The molecule has 2 amide bonds. The number of benzene rings is 1. The lowest BCUT2D eigenvalue weighted by Gasteiger charge is -2.18. The maximum atomic E-state index is 13.0. The Morgan fingerprint density at radius 3 is 2.82 bits per heavy atom. The molecule has 0 spiro atoms. The zero-order valence-electron chi connectivity index (χ0n) is 18.3. The first-order valence-corrected chi connectivity index (χ1v) is 12.3. The van der Waals surface area contributed by atoms with Gasteiger partial charge in [-0.05, 0) is 55.0 Å². The van der Waals surface area contributed by atoms with Gasteiger partial charge in [-0.25, -0.2) is 4.39 Å². The smallest absolute Gasteiger partial charge is 0.251 e. The fourth-order valence-electron chi connectivity index (χ4n) is 3.67. The van der Waals surface area contributed by atoms with Crippen molar-refractivity contribution in [2.45, 2.75) is 37.9 Å². The van der Waals surface area contributed by atoms with Crippen molar-refractivity contribution >= 4 is 39.9 Å². The van der Waals surface area contributed by atoms with Gasteiger partial charge in [0.25, 0.3) is 5.91 Å². The maximum Gasteiger partial charge on any atom is 0.251 e. The second kappa shape index (κ2) is 9.92. The standard InChI is InChI=1S/C22H24FN5O3S2/c1-12-3-8-15-16(9-12)33-21(19(15)20(24)30)25-18(29)11-32-22-27-26-17(28(22)2)10-31-14-6-4-13(23)5-7-14/h4-7,12H,3,8-11H2,1-2H3,(H2,24,30)(H,25,29). The number of thiophene rings is 1. The van der Waals surface area contributed by atoms with Crippen LogP contribution >= 0.6 is 23.1 Å². The van der Waals surface area contributed by atoms with Gasteiger partial charge in [0.1, 0.15) is 23.2 Å². The fraction of sp³-hybridized carbons (Fsp3) is 0.364. The Morgan fingerprint density at radius 2 is 2.09 bits per heavy atom. The lowest BCUT2D eigenvalue weighted by molar-refractivity contribution is -0.113. The maximum absolute atomic E-state index is 13.0. The van der Waals surface area contributed by atoms with E-state index < -0.39 is 5.91 Å². The third-order valence-corrected chi connectivity index (χ3v) is 7.64. The van der Waals surface area contributed by atoms with Crippen LogP contribution in [0.4, 0.5) is 9.39 Å². The van der Waals surface area contributed by atoms with Crippen LogP contribution in [0.2, 0.25) is 0 Å². The van der Waals surface area contributed by atoms with Gasteiger partial charge < -0.3 is 20.4 Å². The van der Waals surface area contributed by atoms with Gasteiger partial charge >= 0.3 is 0 Å². The summed E-state index contributed by atoms with van der Waals surface area (Å²) >= 11 is 2.67. The number of ether oxygens (including phenoxy) is 1. The van der Waals surface area contributed by atoms with Crippen LogP contribution in [0.1, 0.15) is 40.0 Å². The number of nitrogens with one attached hydrogen (secondary N) is 1. The van der Waals surface area contributed by atoms with E-state index >= 15 is 0 Å². The third kappa shape index (κ3) is 5.36. The van der Waals surface area contributed by atoms with Crippen molar-refractivity contribution < 1.29 is 18.7 Å². The Bertz CT molecular complexity index is 1180. The van der Waals surface area contributed by atoms with Gasteiger partial charge in [-0.1, -0.05) is 18.7 Å². The monoisotopic (exact) mass is 489 g/mol. The minimum Gasteiger partial charge on any atom is -0.486 e. The molecule has 0 aliphatic heterocycles. The van der Waals surface area contributed by atoms with Gasteiger partial charge in [0.05, 0.1) is 11.3 Å². The first-order chi connectivity index (χ1) is 15.8. The number of carbonyl (C=O) groups is 2. The molecule has 1 aromatic carbocycles. The molecule has 0 saturated carbocycles. The minimum atomic E-state index is -0.510. The van der Waals surface area contributed by atoms with Crippen molar-refractivity contribution in [2.24, 2.45) is 18.7 Å². The molecular weight excluding hydrogens is 465 g/mol. The van der Waals surface area contributed by atoms with Gasteiger partial charge in [0.15, 0.2) is 11.0 Å². The Morgan fingerprint density at radius 1 is 1.33 bits per heavy atom. The SMILES string of the molecule is CC1CCc2c(sc(NC(=O)CSc3nnc(COc4ccc(F)cc4)n3C)c2C(N)=O)C1. The molecule has 0 bridgehead atoms. The number of hydrogen-bond acceptors (Lipinski definition) is 7. The average Bonchev–Trinajstić information content (AvgIpc) is 3.31. The van der Waals surface area contributed by atoms with E-state index in [2.05, 4.69) is 22.4 Å². The summed E-state index contributed by atoms with van der Waals surface area (Å²) in [4.78, 5) is 25.8. The van der Waals surface area contributed by atoms with Crippen molar-refractivity contribution in [1.82, 2.24) is 14.8 Å². The summed E-state index contributed by atoms with van der Waals surface area (Å²) < 4.78 is 20.3. The van der Waals surface area contributed by atoms with Crippen LogP contribution in [-0.2, 0) is 31.3 Å². The van der Waals surface area contributed by atoms with Crippen molar-refractivity contribution in [3.05, 3.63) is 51.9 Å². The molecule has 1 atom stereocenters. The summed E-state index contributed by atoms with van der Waals surface area (Å²) in [5.41, 5.74) is 7.04. The topological polar surface area (TPSA) is 112 Å². The van der Waals surface area contributed by atoms with Crippen LogP contribution < -0.4 is 15.8 Å². The lowest BCUT2D eigenvalue weighted by Crippen LogP contribution is -2.20. The molecule has 3 N–H and O–H groups in total. The predicted octanol–water partition coefficient (Wildman–Crippen LogP) is 3.55. The number of thioether (sulfide) groups is 1. The second-order valence-corrected chi connectivity index (χ2v) is 10.0. The minimum absolute atomic E-state index is 0.0992. The molecule has 1 aliphatic carbocycles. The summed E-state index contributed by atoms with van der Waals surface area (Å²) in [6.45, 7) is 2.34. The number of primary amides is 1. The van der Waals surface area contributed by atoms with Crippen molar-refractivity contribution in [3.63, 3.8) is 0 Å². The Kier molecular flexibility index (Phi) is 6.99. The van der Waals surface area contributed by atoms with Crippen LogP contribution in [0.3, 0.4) is 0 Å². The summed E-state index contributed by atoms with van der Waals surface area (Å²) in [5, 5.41) is 12.1. The van der Waals surface area contributed by atoms with Crippen LogP contribution in [0.5, 0.6) is 5.75 Å². The van der Waals surface area contributed by atoms with E-state index in [1.807, 2.05) is 0 Å². The van der Waals surface area contributed by atoms with Gasteiger partial charge in [-0.3, -0.25) is 9.59 Å². The van der Waals surface area contributed by atoms with E-state index in [-0.39, 0.29) is 24.1 Å². The average molecular weight is 490 g/mol. The Labute approximate surface area is 198 Å². The van der Waals surface area contributed by atoms with Crippen molar-refractivity contribution in [3.8, 4) is 5.75 Å². The molecule has 2 heterocycles. The highest BCUT2D eigenvalue weighted by Crippen LogP contribution is 2.39. The molecule has 0 fully saturated rings. The van der Waals surface area contributed by atoms with Crippen LogP contribution in [-0.4, -0.2) is 32.3 Å². The Hall–Kier alpha value is -2.92. The number of hydrogen-bond donors (Lipinski definition) is 2. The van der Waals surface area contributed by atoms with Gasteiger partial charge in [-0.2, -0.15) is 0 Å². The highest BCUT2D eigenvalue weighted by Gasteiger charge is 2.27. The van der Waals surface area contributed by atoms with E-state index in [4.69, 9.17) is 10.5 Å². The lowest BCUT2D eigenvalue weighted by atomic mass is 9.88. The molecule has 11 heteroatoms. The number of halogens is 1. The number of nitrogens with two attached hydrogens (primary N) is 1. The summed E-state index contributed by atoms with van der Waals surface area (Å²) in [5.74, 6) is 0.642. The quantitative estimate of drug-likeness (QED) is 0.468. The molecule has 174 valence electrons. The van der Waals surface area contributed by atoms with E-state index in [0.29, 0.717) is 33.2 Å². The summed E-state index contributed by atoms with van der Waals surface area (Å²) in [7, 11) is 1.78. The number of fused-ring (bicyclic) bond motifs is 1. The summed E-state index contributed by atoms with van der Waals surface area (Å²) in [6.07, 6.45) is 2.71. The normalized spacial score (nSPS) is 15.2. The number of rotatable bonds is 8. The van der Waals surface area contributed by atoms with Crippen LogP contribution in [0.15, 0.2) is 29.4 Å². The molecule has 0 radical (unpaired) electrons. The van der Waals surface area contributed by atoms with Gasteiger partial charge in [0, 0.05) is 11.9 Å². The van der Waals surface area contributed by atoms with Crippen LogP contribution in [0, 0.1) is 11.7 Å². The highest BCUT2D eigenvalue weighted by atomic mass is 32.2. The highest BCUT2D eigenvalue weighted by molar-refractivity contribution is 7.99. The first kappa shape index (κ1) is 23.2. The molecule has 1 unspecified atom stereocenters. The second-order valence-electron chi connectivity index (χ2n) is 7.96. The fourth-order valence-corrected chi connectivity index (χ4v) is 5.83. The van der Waals surface area contributed by atoms with Crippen molar-refractivity contribution in [2.75, 3.05) is 11.1 Å². The molecule has 8 nitrogen and oxygen atoms in total. The zero-order valence-corrected chi connectivity index (χ0v) is 19.9. The van der Waals surface area contributed by atoms with E-state index in [9.17, 15) is 14.0 Å². The van der Waals surface area contributed by atoms with E-state index in [0.717, 1.165) is 29.7 Å². The number of aromatic nitrogens is 3. The van der Waals surface area contributed by atoms with E-state index in [1.54, 1.807) is 11.6 Å². The number of nitrogens with zero attached hydrogens (tertiary/aromatic N) is 3. The molecule has 33 heavy (non-hydrogen) atoms. The zero-order chi connectivity index (χ0) is 23.5. The molecule has 0 saturated heterocycles. The number of anilines is 1. The predicted molar refractivity (Wildman–Crippen MR) is 125 cm³/mol. The number of amides is 2. The van der Waals surface area contributed by atoms with E-state index in [1.165, 1.54) is 47.4 Å². The largest absolute Gasteiger partial charge is 0.486 e. The molecule has 2 aromatic heterocycles. The molecule has 4 rings (SSSR count). The Balaban J connectivity index is 1.36. The van der Waals surface area contributed by atoms with Gasteiger partial charge in [0.2, 0.25) is 5.91 Å². The van der Waals surface area contributed by atoms with Crippen molar-refractivity contribution in [1.29, 1.82) is 0 Å². The first-order valence-electron chi connectivity index (χ1n) is 10.5. The molecule has 1 aliphatic rings. The molecular formula is C22H24FN5O3S2. The summed E-state index contributed by atoms with van der Waals surface area (Å²) in [6, 6.07) is 5.71. The molecule has 3 aromatic rings. The van der Waals surface area contributed by atoms with Crippen LogP contribution in [0.25, 0.3) is 0 Å². The van der Waals surface area contributed by atoms with Gasteiger partial charge in [-0.15, -0.1) is 21.5 Å².